The zero-order chi connectivity index (χ0) is 21.0. The molecule has 2 aromatic rings. The monoisotopic (exact) mass is 418 g/mol. The van der Waals surface area contributed by atoms with Crippen molar-refractivity contribution < 1.29 is 23.5 Å². The number of amides is 2. The van der Waals surface area contributed by atoms with Crippen LogP contribution in [-0.4, -0.2) is 37.2 Å². The zero-order valence-electron chi connectivity index (χ0n) is 15.9. The Morgan fingerprint density at radius 2 is 2.00 bits per heavy atom. The minimum Gasteiger partial charge on any atom is -0.484 e. The summed E-state index contributed by atoms with van der Waals surface area (Å²) in [6.07, 6.45) is 0. The number of likely N-dealkylation sites (N-methyl/N-ethyl adjacent to an activating group) is 1. The van der Waals surface area contributed by atoms with E-state index < -0.39 is 23.9 Å². The molecule has 0 aromatic heterocycles. The molecular weight excluding hydrogens is 399 g/mol. The Balaban J connectivity index is 2.05. The van der Waals surface area contributed by atoms with Gasteiger partial charge in [0.2, 0.25) is 0 Å². The van der Waals surface area contributed by atoms with E-state index in [1.165, 1.54) is 24.1 Å². The lowest BCUT2D eigenvalue weighted by molar-refractivity contribution is -0.139. The highest BCUT2D eigenvalue weighted by molar-refractivity contribution is 6.30. The van der Waals surface area contributed by atoms with Crippen molar-refractivity contribution in [1.29, 1.82) is 0 Å². The van der Waals surface area contributed by atoms with Crippen molar-refractivity contribution in [1.82, 2.24) is 10.2 Å². The van der Waals surface area contributed by atoms with Gasteiger partial charge in [-0.15, -0.1) is 0 Å². The first-order valence-corrected chi connectivity index (χ1v) is 9.37. The second-order valence-electron chi connectivity index (χ2n) is 6.30. The molecule has 1 aliphatic heterocycles. The maximum absolute atomic E-state index is 13.9. The molecule has 6 nitrogen and oxygen atoms in total. The first-order chi connectivity index (χ1) is 13.9. The summed E-state index contributed by atoms with van der Waals surface area (Å²) in [5.41, 5.74) is 1.10. The van der Waals surface area contributed by atoms with Crippen LogP contribution in [0.5, 0.6) is 5.75 Å². The average Bonchev–Trinajstić information content (AvgIpc) is 2.70. The second-order valence-corrected chi connectivity index (χ2v) is 6.73. The minimum absolute atomic E-state index is 0.0156. The van der Waals surface area contributed by atoms with Gasteiger partial charge in [0.05, 0.1) is 23.9 Å². The molecule has 0 radical (unpaired) electrons. The van der Waals surface area contributed by atoms with E-state index in [-0.39, 0.29) is 30.2 Å². The van der Waals surface area contributed by atoms with Crippen molar-refractivity contribution in [3.8, 4) is 5.75 Å². The predicted molar refractivity (Wildman–Crippen MR) is 106 cm³/mol. The molecular formula is C21H20ClFN2O4. The summed E-state index contributed by atoms with van der Waals surface area (Å²) in [7, 11) is 1.50. The molecule has 0 aliphatic carbocycles. The molecule has 3 rings (SSSR count). The first-order valence-electron chi connectivity index (χ1n) is 8.99. The van der Waals surface area contributed by atoms with E-state index in [0.717, 1.165) is 0 Å². The number of nitrogens with zero attached hydrogens (tertiary/aromatic N) is 1. The number of carbonyl (C=O) groups is 2. The van der Waals surface area contributed by atoms with Gasteiger partial charge in [-0.1, -0.05) is 35.9 Å². The first kappa shape index (κ1) is 20.7. The summed E-state index contributed by atoms with van der Waals surface area (Å²) in [6.45, 7) is 1.65. The van der Waals surface area contributed by atoms with Gasteiger partial charge in [0, 0.05) is 12.1 Å². The number of rotatable bonds is 6. The molecule has 1 unspecified atom stereocenters. The van der Waals surface area contributed by atoms with E-state index in [4.69, 9.17) is 21.1 Å². The van der Waals surface area contributed by atoms with Crippen LogP contribution in [0.25, 0.3) is 0 Å². The van der Waals surface area contributed by atoms with Crippen molar-refractivity contribution in [2.24, 2.45) is 0 Å². The molecule has 0 bridgehead atoms. The van der Waals surface area contributed by atoms with Crippen LogP contribution < -0.4 is 10.1 Å². The number of para-hydroxylation sites is 1. The van der Waals surface area contributed by atoms with E-state index in [9.17, 15) is 14.0 Å². The van der Waals surface area contributed by atoms with Crippen LogP contribution >= 0.6 is 11.6 Å². The van der Waals surface area contributed by atoms with E-state index in [0.29, 0.717) is 10.6 Å². The predicted octanol–water partition coefficient (Wildman–Crippen LogP) is 4.07. The lowest BCUT2D eigenvalue weighted by atomic mass is 9.95. The highest BCUT2D eigenvalue weighted by Gasteiger charge is 2.37. The van der Waals surface area contributed by atoms with Crippen LogP contribution in [0.3, 0.4) is 0 Å². The number of urea groups is 1. The van der Waals surface area contributed by atoms with E-state index in [2.05, 4.69) is 5.32 Å². The number of nitrogens with one attached hydrogen (secondary N) is 1. The SMILES string of the molecule is CCOC(=O)C1=C(COc2ccccc2F)N(C)C(=O)NC1c1cccc(Cl)c1. The topological polar surface area (TPSA) is 67.9 Å². The largest absolute Gasteiger partial charge is 0.484 e. The molecule has 1 atom stereocenters. The van der Waals surface area contributed by atoms with E-state index >= 15 is 0 Å². The van der Waals surface area contributed by atoms with Crippen LogP contribution in [0.15, 0.2) is 59.8 Å². The molecule has 1 heterocycles. The summed E-state index contributed by atoms with van der Waals surface area (Å²) in [5, 5.41) is 3.24. The van der Waals surface area contributed by atoms with Crippen LogP contribution in [0.4, 0.5) is 9.18 Å². The Morgan fingerprint density at radius 3 is 2.69 bits per heavy atom. The van der Waals surface area contributed by atoms with Crippen molar-refractivity contribution >= 4 is 23.6 Å². The van der Waals surface area contributed by atoms with E-state index in [1.54, 1.807) is 43.3 Å². The molecule has 1 aliphatic rings. The summed E-state index contributed by atoms with van der Waals surface area (Å²) >= 11 is 6.09. The third kappa shape index (κ3) is 4.51. The minimum atomic E-state index is -0.782. The molecule has 29 heavy (non-hydrogen) atoms. The Morgan fingerprint density at radius 1 is 1.24 bits per heavy atom. The van der Waals surface area contributed by atoms with Crippen molar-refractivity contribution in [3.05, 3.63) is 76.2 Å². The number of ether oxygens (including phenoxy) is 2. The fourth-order valence-corrected chi connectivity index (χ4v) is 3.22. The maximum atomic E-state index is 13.9. The number of hydrogen-bond donors (Lipinski definition) is 1. The molecule has 0 spiro atoms. The van der Waals surface area contributed by atoms with E-state index in [1.807, 2.05) is 0 Å². The fourth-order valence-electron chi connectivity index (χ4n) is 3.03. The van der Waals surface area contributed by atoms with Gasteiger partial charge in [0.25, 0.3) is 0 Å². The maximum Gasteiger partial charge on any atom is 0.338 e. The summed E-state index contributed by atoms with van der Waals surface area (Å²) in [4.78, 5) is 26.6. The Kier molecular flexibility index (Phi) is 6.39. The summed E-state index contributed by atoms with van der Waals surface area (Å²) in [5.74, 6) is -1.13. The number of hydrogen-bond acceptors (Lipinski definition) is 4. The number of halogens is 2. The normalized spacial score (nSPS) is 16.5. The molecule has 1 N–H and O–H groups in total. The summed E-state index contributed by atoms with van der Waals surface area (Å²) < 4.78 is 24.7. The smallest absolute Gasteiger partial charge is 0.338 e. The quantitative estimate of drug-likeness (QED) is 0.718. The standard InChI is InChI=1S/C21H20ClFN2O4/c1-3-28-20(26)18-16(12-29-17-10-5-4-9-15(17)23)25(2)21(27)24-19(18)13-7-6-8-14(22)11-13/h4-11,19H,3,12H2,1-2H3,(H,24,27). The Labute approximate surface area is 172 Å². The van der Waals surface area contributed by atoms with Crippen molar-refractivity contribution in [3.63, 3.8) is 0 Å². The van der Waals surface area contributed by atoms with Crippen molar-refractivity contribution in [2.75, 3.05) is 20.3 Å². The molecule has 0 saturated carbocycles. The fraction of sp³-hybridized carbons (Fsp3) is 0.238. The van der Waals surface area contributed by atoms with Gasteiger partial charge in [-0.2, -0.15) is 0 Å². The third-order valence-electron chi connectivity index (χ3n) is 4.46. The highest BCUT2D eigenvalue weighted by Crippen LogP contribution is 2.32. The number of esters is 1. The van der Waals surface area contributed by atoms with Crippen LogP contribution in [-0.2, 0) is 9.53 Å². The number of benzene rings is 2. The van der Waals surface area contributed by atoms with Gasteiger partial charge in [-0.05, 0) is 36.8 Å². The molecule has 152 valence electrons. The van der Waals surface area contributed by atoms with Gasteiger partial charge in [-0.3, -0.25) is 4.90 Å². The number of carbonyl (C=O) groups excluding carboxylic acids is 2. The molecule has 2 aromatic carbocycles. The Hall–Kier alpha value is -3.06. The van der Waals surface area contributed by atoms with Crippen LogP contribution in [0.1, 0.15) is 18.5 Å². The lowest BCUT2D eigenvalue weighted by Gasteiger charge is -2.34. The third-order valence-corrected chi connectivity index (χ3v) is 4.69. The van der Waals surface area contributed by atoms with Gasteiger partial charge in [0.1, 0.15) is 6.61 Å². The molecule has 0 saturated heterocycles. The van der Waals surface area contributed by atoms with Crippen molar-refractivity contribution in [2.45, 2.75) is 13.0 Å². The molecule has 0 fully saturated rings. The zero-order valence-corrected chi connectivity index (χ0v) is 16.7. The molecule has 8 heteroatoms. The molecule has 2 amide bonds. The van der Waals surface area contributed by atoms with Gasteiger partial charge in [-0.25, -0.2) is 14.0 Å². The van der Waals surface area contributed by atoms with Gasteiger partial charge in [0.15, 0.2) is 11.6 Å². The van der Waals surface area contributed by atoms with Crippen LogP contribution in [0, 0.1) is 5.82 Å². The summed E-state index contributed by atoms with van der Waals surface area (Å²) in [6, 6.07) is 11.5. The second kappa shape index (κ2) is 8.96. The Bertz CT molecular complexity index is 963. The highest BCUT2D eigenvalue weighted by atomic mass is 35.5. The van der Waals surface area contributed by atoms with Crippen LogP contribution in [0.2, 0.25) is 5.02 Å². The van der Waals surface area contributed by atoms with Gasteiger partial charge >= 0.3 is 12.0 Å². The average molecular weight is 419 g/mol. The van der Waals surface area contributed by atoms with Gasteiger partial charge < -0.3 is 14.8 Å². The lowest BCUT2D eigenvalue weighted by Crippen LogP contribution is -2.48.